The van der Waals surface area contributed by atoms with Crippen molar-refractivity contribution in [3.05, 3.63) is 40.5 Å². The second-order valence-corrected chi connectivity index (χ2v) is 6.63. The monoisotopic (exact) mass is 226 g/mol. The van der Waals surface area contributed by atoms with E-state index in [0.29, 0.717) is 5.41 Å². The molecule has 1 aromatic rings. The predicted molar refractivity (Wildman–Crippen MR) is 74.3 cm³/mol. The Balaban J connectivity index is 2.20. The molecule has 0 aromatic heterocycles. The van der Waals surface area contributed by atoms with Crippen molar-refractivity contribution < 1.29 is 0 Å². The van der Waals surface area contributed by atoms with Crippen LogP contribution in [-0.2, 0) is 19.3 Å². The number of allylic oxidation sites excluding steroid dienone is 1. The van der Waals surface area contributed by atoms with Crippen LogP contribution in [0.5, 0.6) is 0 Å². The summed E-state index contributed by atoms with van der Waals surface area (Å²) in [5.74, 6) is 0. The third kappa shape index (κ3) is 1.66. The van der Waals surface area contributed by atoms with E-state index < -0.39 is 0 Å². The van der Waals surface area contributed by atoms with Crippen molar-refractivity contribution in [1.29, 1.82) is 0 Å². The van der Waals surface area contributed by atoms with Gasteiger partial charge in [0.15, 0.2) is 0 Å². The van der Waals surface area contributed by atoms with Gasteiger partial charge in [0.25, 0.3) is 0 Å². The molecule has 2 aliphatic rings. The number of hydrogen-bond acceptors (Lipinski definition) is 0. The fourth-order valence-electron chi connectivity index (χ4n) is 3.60. The van der Waals surface area contributed by atoms with Crippen molar-refractivity contribution in [2.45, 2.75) is 52.9 Å². The zero-order valence-electron chi connectivity index (χ0n) is 11.3. The predicted octanol–water partition coefficient (Wildman–Crippen LogP) is 4.47. The maximum atomic E-state index is 4.27. The van der Waals surface area contributed by atoms with Gasteiger partial charge in [-0.05, 0) is 77.8 Å². The van der Waals surface area contributed by atoms with E-state index in [1.54, 1.807) is 22.3 Å². The molecule has 0 saturated carbocycles. The lowest BCUT2D eigenvalue weighted by Crippen LogP contribution is -2.24. The molecule has 90 valence electrons. The molecule has 2 aliphatic carbocycles. The lowest BCUT2D eigenvalue weighted by Gasteiger charge is -2.34. The van der Waals surface area contributed by atoms with Gasteiger partial charge in [-0.3, -0.25) is 0 Å². The smallest absolute Gasteiger partial charge is 0.0163 e. The Morgan fingerprint density at radius 1 is 1.12 bits per heavy atom. The van der Waals surface area contributed by atoms with E-state index in [0.717, 1.165) is 0 Å². The number of fused-ring (bicyclic) bond motifs is 3. The minimum absolute atomic E-state index is 0.478. The highest BCUT2D eigenvalue weighted by atomic mass is 14.3. The Morgan fingerprint density at radius 3 is 2.65 bits per heavy atom. The van der Waals surface area contributed by atoms with Crippen molar-refractivity contribution in [3.8, 4) is 0 Å². The quantitative estimate of drug-likeness (QED) is 0.612. The Kier molecular flexibility index (Phi) is 2.26. The summed E-state index contributed by atoms with van der Waals surface area (Å²) in [6.45, 7) is 11.4. The summed E-state index contributed by atoms with van der Waals surface area (Å²) >= 11 is 0. The molecule has 0 aliphatic heterocycles. The first-order valence-electron chi connectivity index (χ1n) is 6.80. The molecule has 0 bridgehead atoms. The third-order valence-corrected chi connectivity index (χ3v) is 4.61. The van der Waals surface area contributed by atoms with Gasteiger partial charge in [0.1, 0.15) is 0 Å². The standard InChI is InChI=1S/C17H22/c1-11-5-6-13-9-12(2)15-10-17(3,4)8-7-14(15)16(11)13/h9H,1,5-8,10H2,2-4H3. The van der Waals surface area contributed by atoms with Crippen LogP contribution in [0.3, 0.4) is 0 Å². The summed E-state index contributed by atoms with van der Waals surface area (Å²) in [7, 11) is 0. The highest BCUT2D eigenvalue weighted by Crippen LogP contribution is 2.43. The Hall–Kier alpha value is -1.04. The minimum Gasteiger partial charge on any atom is -0.0952 e. The van der Waals surface area contributed by atoms with Gasteiger partial charge in [-0.25, -0.2) is 0 Å². The lowest BCUT2D eigenvalue weighted by molar-refractivity contribution is 0.314. The number of rotatable bonds is 0. The number of hydrogen-bond donors (Lipinski definition) is 0. The Morgan fingerprint density at radius 2 is 1.88 bits per heavy atom. The van der Waals surface area contributed by atoms with Crippen molar-refractivity contribution in [2.24, 2.45) is 5.41 Å². The molecule has 0 N–H and O–H groups in total. The maximum absolute atomic E-state index is 4.27. The number of aryl methyl sites for hydroxylation is 2. The average molecular weight is 226 g/mol. The normalized spacial score (nSPS) is 21.2. The van der Waals surface area contributed by atoms with Crippen LogP contribution in [-0.4, -0.2) is 0 Å². The van der Waals surface area contributed by atoms with Crippen LogP contribution >= 0.6 is 0 Å². The first kappa shape index (κ1) is 11.1. The number of benzene rings is 1. The lowest BCUT2D eigenvalue weighted by atomic mass is 9.71. The van der Waals surface area contributed by atoms with E-state index in [1.165, 1.54) is 43.2 Å². The molecule has 1 aromatic carbocycles. The summed E-state index contributed by atoms with van der Waals surface area (Å²) in [4.78, 5) is 0. The van der Waals surface area contributed by atoms with Gasteiger partial charge >= 0.3 is 0 Å². The van der Waals surface area contributed by atoms with E-state index >= 15 is 0 Å². The van der Waals surface area contributed by atoms with Gasteiger partial charge in [0, 0.05) is 0 Å². The van der Waals surface area contributed by atoms with E-state index in [4.69, 9.17) is 0 Å². The molecule has 0 nitrogen and oxygen atoms in total. The first-order chi connectivity index (χ1) is 7.98. The van der Waals surface area contributed by atoms with Crippen LogP contribution in [0.15, 0.2) is 12.6 Å². The van der Waals surface area contributed by atoms with Crippen LogP contribution in [0, 0.1) is 12.3 Å². The summed E-state index contributed by atoms with van der Waals surface area (Å²) in [5.41, 5.74) is 9.75. The van der Waals surface area contributed by atoms with Crippen LogP contribution in [0.1, 0.15) is 54.5 Å². The highest BCUT2D eigenvalue weighted by molar-refractivity contribution is 5.75. The van der Waals surface area contributed by atoms with Crippen molar-refractivity contribution >= 4 is 5.57 Å². The van der Waals surface area contributed by atoms with Gasteiger partial charge in [-0.15, -0.1) is 0 Å². The van der Waals surface area contributed by atoms with Crippen LogP contribution in [0.4, 0.5) is 0 Å². The molecule has 0 atom stereocenters. The fraction of sp³-hybridized carbons (Fsp3) is 0.529. The molecule has 0 unspecified atom stereocenters. The molecule has 0 saturated heterocycles. The minimum atomic E-state index is 0.478. The van der Waals surface area contributed by atoms with Crippen molar-refractivity contribution in [2.75, 3.05) is 0 Å². The molecular formula is C17H22. The van der Waals surface area contributed by atoms with Crippen LogP contribution < -0.4 is 0 Å². The molecule has 3 rings (SSSR count). The van der Waals surface area contributed by atoms with Crippen molar-refractivity contribution in [1.82, 2.24) is 0 Å². The largest absolute Gasteiger partial charge is 0.0952 e. The summed E-state index contributed by atoms with van der Waals surface area (Å²) in [6.07, 6.45) is 6.21. The van der Waals surface area contributed by atoms with Crippen LogP contribution in [0.2, 0.25) is 0 Å². The van der Waals surface area contributed by atoms with Gasteiger partial charge in [0.2, 0.25) is 0 Å². The second-order valence-electron chi connectivity index (χ2n) is 6.63. The highest BCUT2D eigenvalue weighted by Gasteiger charge is 2.30. The van der Waals surface area contributed by atoms with E-state index in [1.807, 2.05) is 0 Å². The SMILES string of the molecule is C=C1CCc2cc(C)c3c(c21)CCC(C)(C)C3. The second kappa shape index (κ2) is 3.48. The fourth-order valence-corrected chi connectivity index (χ4v) is 3.60. The zero-order valence-corrected chi connectivity index (χ0v) is 11.3. The summed E-state index contributed by atoms with van der Waals surface area (Å²) < 4.78 is 0. The van der Waals surface area contributed by atoms with Gasteiger partial charge in [-0.1, -0.05) is 26.5 Å². The van der Waals surface area contributed by atoms with E-state index in [9.17, 15) is 0 Å². The van der Waals surface area contributed by atoms with E-state index in [2.05, 4.69) is 33.4 Å². The van der Waals surface area contributed by atoms with Gasteiger partial charge < -0.3 is 0 Å². The third-order valence-electron chi connectivity index (χ3n) is 4.61. The Bertz CT molecular complexity index is 503. The zero-order chi connectivity index (χ0) is 12.2. The van der Waals surface area contributed by atoms with Gasteiger partial charge in [0.05, 0.1) is 0 Å². The van der Waals surface area contributed by atoms with E-state index in [-0.39, 0.29) is 0 Å². The molecule has 0 heteroatoms. The molecule has 0 fully saturated rings. The molecule has 0 radical (unpaired) electrons. The topological polar surface area (TPSA) is 0 Å². The molecular weight excluding hydrogens is 204 g/mol. The molecule has 0 amide bonds. The van der Waals surface area contributed by atoms with Crippen molar-refractivity contribution in [3.63, 3.8) is 0 Å². The molecule has 0 spiro atoms. The Labute approximate surface area is 105 Å². The average Bonchev–Trinajstić information content (AvgIpc) is 2.60. The summed E-state index contributed by atoms with van der Waals surface area (Å²) in [5, 5.41) is 0. The first-order valence-corrected chi connectivity index (χ1v) is 6.80. The summed E-state index contributed by atoms with van der Waals surface area (Å²) in [6, 6.07) is 2.42. The molecule has 0 heterocycles. The molecule has 17 heavy (non-hydrogen) atoms. The van der Waals surface area contributed by atoms with Crippen LogP contribution in [0.25, 0.3) is 5.57 Å². The maximum Gasteiger partial charge on any atom is -0.0163 e. The van der Waals surface area contributed by atoms with Gasteiger partial charge in [-0.2, -0.15) is 0 Å².